The molecule has 1 aliphatic rings. The third kappa shape index (κ3) is 4.20. The van der Waals surface area contributed by atoms with Gasteiger partial charge in [-0.15, -0.1) is 11.3 Å². The first-order valence-corrected chi connectivity index (χ1v) is 9.99. The molecule has 1 saturated heterocycles. The summed E-state index contributed by atoms with van der Waals surface area (Å²) in [4.78, 5) is 27.8. The molecule has 0 bridgehead atoms. The second-order valence-electron chi connectivity index (χ2n) is 6.49. The summed E-state index contributed by atoms with van der Waals surface area (Å²) in [6.07, 6.45) is 5.77. The van der Waals surface area contributed by atoms with Gasteiger partial charge in [0.2, 0.25) is 0 Å². The lowest BCUT2D eigenvalue weighted by Gasteiger charge is -2.28. The highest BCUT2D eigenvalue weighted by Crippen LogP contribution is 2.25. The molecule has 138 valence electrons. The monoisotopic (exact) mass is 379 g/mol. The number of thiazole rings is 1. The number of likely N-dealkylation sites (tertiary alicyclic amines) is 1. The highest BCUT2D eigenvalue weighted by molar-refractivity contribution is 7.13. The molecule has 1 amide bonds. The van der Waals surface area contributed by atoms with Crippen LogP contribution in [-0.4, -0.2) is 45.4 Å². The van der Waals surface area contributed by atoms with Gasteiger partial charge in [-0.2, -0.15) is 0 Å². The third-order valence-electron chi connectivity index (χ3n) is 4.72. The summed E-state index contributed by atoms with van der Waals surface area (Å²) in [6.45, 7) is 2.71. The minimum absolute atomic E-state index is 0.159. The van der Waals surface area contributed by atoms with E-state index in [9.17, 15) is 4.79 Å². The average Bonchev–Trinajstić information content (AvgIpc) is 3.42. The molecule has 0 saturated carbocycles. The van der Waals surface area contributed by atoms with Gasteiger partial charge in [-0.05, 0) is 37.6 Å². The Kier molecular flexibility index (Phi) is 5.50. The first-order chi connectivity index (χ1) is 13.3. The molecule has 1 fully saturated rings. The summed E-state index contributed by atoms with van der Waals surface area (Å²) in [5, 5.41) is 5.47. The van der Waals surface area contributed by atoms with Gasteiger partial charge in [-0.1, -0.05) is 30.3 Å². The number of carbonyl (C=O) groups excluding carboxylic acids is 1. The summed E-state index contributed by atoms with van der Waals surface area (Å²) in [7, 11) is 0. The van der Waals surface area contributed by atoms with Crippen molar-refractivity contribution in [2.24, 2.45) is 0 Å². The maximum atomic E-state index is 12.6. The Hall–Kier alpha value is -2.64. The van der Waals surface area contributed by atoms with Gasteiger partial charge in [-0.25, -0.2) is 15.0 Å². The van der Waals surface area contributed by atoms with Crippen molar-refractivity contribution in [2.45, 2.75) is 18.9 Å². The van der Waals surface area contributed by atoms with Gasteiger partial charge in [0.15, 0.2) is 10.8 Å². The molecule has 4 rings (SSSR count). The first kappa shape index (κ1) is 17.8. The molecule has 1 aliphatic heterocycles. The Morgan fingerprint density at radius 2 is 1.85 bits per heavy atom. The quantitative estimate of drug-likeness (QED) is 0.712. The first-order valence-electron chi connectivity index (χ1n) is 9.11. The Bertz CT molecular complexity index is 878. The fraction of sp³-hybridized carbons (Fsp3) is 0.300. The van der Waals surface area contributed by atoms with E-state index in [2.05, 4.69) is 37.3 Å². The van der Waals surface area contributed by atoms with Crippen LogP contribution >= 0.6 is 11.3 Å². The van der Waals surface area contributed by atoms with E-state index in [0.29, 0.717) is 23.1 Å². The number of aromatic nitrogens is 3. The highest BCUT2D eigenvalue weighted by Gasteiger charge is 2.24. The van der Waals surface area contributed by atoms with Crippen LogP contribution < -0.4 is 5.32 Å². The van der Waals surface area contributed by atoms with Crippen molar-refractivity contribution < 1.29 is 4.79 Å². The lowest BCUT2D eigenvalue weighted by molar-refractivity contribution is 0.0933. The average molecular weight is 379 g/mol. The van der Waals surface area contributed by atoms with Crippen LogP contribution in [0, 0.1) is 0 Å². The van der Waals surface area contributed by atoms with Gasteiger partial charge < -0.3 is 5.32 Å². The molecule has 1 N–H and O–H groups in total. The van der Waals surface area contributed by atoms with Crippen LogP contribution in [0.25, 0.3) is 10.8 Å². The second-order valence-corrected chi connectivity index (χ2v) is 7.35. The van der Waals surface area contributed by atoms with E-state index in [4.69, 9.17) is 0 Å². The molecule has 3 heterocycles. The van der Waals surface area contributed by atoms with Crippen molar-refractivity contribution in [3.63, 3.8) is 0 Å². The van der Waals surface area contributed by atoms with Crippen LogP contribution in [0.5, 0.6) is 0 Å². The highest BCUT2D eigenvalue weighted by atomic mass is 32.1. The number of carbonyl (C=O) groups is 1. The Labute approximate surface area is 162 Å². The number of amides is 1. The molecule has 3 aromatic rings. The number of hydrogen-bond donors (Lipinski definition) is 1. The van der Waals surface area contributed by atoms with E-state index in [0.717, 1.165) is 13.1 Å². The zero-order valence-corrected chi connectivity index (χ0v) is 15.7. The Balaban J connectivity index is 1.45. The number of rotatable bonds is 6. The molecular formula is C20H21N5OS. The molecule has 0 radical (unpaired) electrons. The molecule has 1 atom stereocenters. The van der Waals surface area contributed by atoms with Gasteiger partial charge in [-0.3, -0.25) is 9.69 Å². The second kappa shape index (κ2) is 8.37. The van der Waals surface area contributed by atoms with E-state index >= 15 is 0 Å². The van der Waals surface area contributed by atoms with Gasteiger partial charge in [0.1, 0.15) is 5.69 Å². The zero-order valence-electron chi connectivity index (χ0n) is 14.9. The fourth-order valence-corrected chi connectivity index (χ4v) is 4.10. The van der Waals surface area contributed by atoms with E-state index in [1.165, 1.54) is 29.7 Å². The standard InChI is InChI=1S/C20H21N5OS/c26-19(16-14-27-20(24-16)18-21-9-6-10-22-18)23-13-17(25-11-4-5-12-25)15-7-2-1-3-8-15/h1-3,6-10,14,17H,4-5,11-13H2,(H,23,26). The third-order valence-corrected chi connectivity index (χ3v) is 5.55. The van der Waals surface area contributed by atoms with Gasteiger partial charge in [0.25, 0.3) is 5.91 Å². The molecule has 1 unspecified atom stereocenters. The zero-order chi connectivity index (χ0) is 18.5. The lowest BCUT2D eigenvalue weighted by Crippen LogP contribution is -2.36. The molecule has 0 aliphatic carbocycles. The largest absolute Gasteiger partial charge is 0.349 e. The van der Waals surface area contributed by atoms with Crippen LogP contribution in [0.3, 0.4) is 0 Å². The molecule has 6 nitrogen and oxygen atoms in total. The molecular weight excluding hydrogens is 358 g/mol. The number of hydrogen-bond acceptors (Lipinski definition) is 6. The van der Waals surface area contributed by atoms with E-state index in [1.54, 1.807) is 23.8 Å². The Morgan fingerprint density at radius 1 is 1.11 bits per heavy atom. The smallest absolute Gasteiger partial charge is 0.270 e. The predicted molar refractivity (Wildman–Crippen MR) is 105 cm³/mol. The molecule has 0 spiro atoms. The van der Waals surface area contributed by atoms with Gasteiger partial charge >= 0.3 is 0 Å². The van der Waals surface area contributed by atoms with Crippen molar-refractivity contribution in [3.05, 3.63) is 65.4 Å². The maximum absolute atomic E-state index is 12.6. The topological polar surface area (TPSA) is 71.0 Å². The van der Waals surface area contributed by atoms with Gasteiger partial charge in [0.05, 0.1) is 6.04 Å². The van der Waals surface area contributed by atoms with Crippen molar-refractivity contribution >= 4 is 17.2 Å². The maximum Gasteiger partial charge on any atom is 0.270 e. The summed E-state index contributed by atoms with van der Waals surface area (Å²) in [6, 6.07) is 12.3. The van der Waals surface area contributed by atoms with Gasteiger partial charge in [0, 0.05) is 24.3 Å². The predicted octanol–water partition coefficient (Wildman–Crippen LogP) is 3.17. The van der Waals surface area contributed by atoms with E-state index in [1.807, 2.05) is 18.2 Å². The minimum atomic E-state index is -0.159. The summed E-state index contributed by atoms with van der Waals surface area (Å²) >= 11 is 1.38. The SMILES string of the molecule is O=C(NCC(c1ccccc1)N1CCCC1)c1csc(-c2ncccn2)n1. The summed E-state index contributed by atoms with van der Waals surface area (Å²) in [5.41, 5.74) is 1.65. The van der Waals surface area contributed by atoms with Crippen LogP contribution in [0.15, 0.2) is 54.2 Å². The summed E-state index contributed by atoms with van der Waals surface area (Å²) < 4.78 is 0. The number of benzene rings is 1. The minimum Gasteiger partial charge on any atom is -0.349 e. The normalized spacial score (nSPS) is 15.6. The van der Waals surface area contributed by atoms with E-state index in [-0.39, 0.29) is 11.9 Å². The van der Waals surface area contributed by atoms with Crippen molar-refractivity contribution in [2.75, 3.05) is 19.6 Å². The van der Waals surface area contributed by atoms with Crippen molar-refractivity contribution in [1.29, 1.82) is 0 Å². The molecule has 1 aromatic carbocycles. The number of nitrogens with one attached hydrogen (secondary N) is 1. The lowest BCUT2D eigenvalue weighted by atomic mass is 10.1. The molecule has 27 heavy (non-hydrogen) atoms. The molecule has 2 aromatic heterocycles. The van der Waals surface area contributed by atoms with Crippen molar-refractivity contribution in [1.82, 2.24) is 25.2 Å². The van der Waals surface area contributed by atoms with Crippen LogP contribution in [0.1, 0.15) is 34.9 Å². The van der Waals surface area contributed by atoms with Crippen molar-refractivity contribution in [3.8, 4) is 10.8 Å². The fourth-order valence-electron chi connectivity index (χ4n) is 3.36. The number of nitrogens with zero attached hydrogens (tertiary/aromatic N) is 4. The molecule has 7 heteroatoms. The van der Waals surface area contributed by atoms with Crippen LogP contribution in [0.4, 0.5) is 0 Å². The summed E-state index contributed by atoms with van der Waals surface area (Å²) in [5.74, 6) is 0.384. The Morgan fingerprint density at radius 3 is 2.59 bits per heavy atom. The van der Waals surface area contributed by atoms with Crippen LogP contribution in [-0.2, 0) is 0 Å². The van der Waals surface area contributed by atoms with E-state index < -0.39 is 0 Å². The van der Waals surface area contributed by atoms with Crippen LogP contribution in [0.2, 0.25) is 0 Å².